The van der Waals surface area contributed by atoms with Gasteiger partial charge in [0, 0.05) is 51.5 Å². The van der Waals surface area contributed by atoms with Crippen molar-refractivity contribution in [3.63, 3.8) is 0 Å². The molecule has 0 aliphatic heterocycles. The van der Waals surface area contributed by atoms with Crippen LogP contribution in [0.2, 0.25) is 0 Å². The van der Waals surface area contributed by atoms with Gasteiger partial charge in [-0.2, -0.15) is 0 Å². The second kappa shape index (κ2) is 6.12. The third kappa shape index (κ3) is 2.97. The Bertz CT molecular complexity index is 714. The first kappa shape index (κ1) is 13.9. The van der Waals surface area contributed by atoms with Crippen molar-refractivity contribution in [2.24, 2.45) is 0 Å². The van der Waals surface area contributed by atoms with Gasteiger partial charge in [0.15, 0.2) is 0 Å². The molecule has 0 aliphatic rings. The second-order valence-corrected chi connectivity index (χ2v) is 6.84. The van der Waals surface area contributed by atoms with Crippen molar-refractivity contribution < 1.29 is 0 Å². The maximum absolute atomic E-state index is 3.50. The smallest absolute Gasteiger partial charge is 0.0483 e. The zero-order chi connectivity index (χ0) is 13.9. The van der Waals surface area contributed by atoms with E-state index in [1.165, 1.54) is 25.8 Å². The van der Waals surface area contributed by atoms with Crippen LogP contribution in [0.1, 0.15) is 10.4 Å². The van der Waals surface area contributed by atoms with E-state index < -0.39 is 0 Å². The normalized spacial score (nSPS) is 11.3. The molecule has 0 saturated heterocycles. The van der Waals surface area contributed by atoms with E-state index in [1.54, 1.807) is 11.3 Å². The lowest BCUT2D eigenvalue weighted by Gasteiger charge is -2.07. The van der Waals surface area contributed by atoms with Crippen molar-refractivity contribution in [1.82, 2.24) is 9.88 Å². The Balaban J connectivity index is 1.59. The van der Waals surface area contributed by atoms with Gasteiger partial charge in [0.25, 0.3) is 0 Å². The van der Waals surface area contributed by atoms with E-state index in [4.69, 9.17) is 0 Å². The zero-order valence-corrected chi connectivity index (χ0v) is 13.8. The summed E-state index contributed by atoms with van der Waals surface area (Å²) in [5.74, 6) is 0. The number of nitrogens with one attached hydrogen (secondary N) is 1. The summed E-state index contributed by atoms with van der Waals surface area (Å²) in [5.41, 5.74) is 2.67. The predicted octanol–water partition coefficient (Wildman–Crippen LogP) is 4.56. The van der Waals surface area contributed by atoms with Crippen LogP contribution in [-0.4, -0.2) is 11.1 Å². The molecule has 2 nitrogen and oxygen atoms in total. The molecule has 0 saturated carbocycles. The fourth-order valence-electron chi connectivity index (χ4n) is 2.43. The summed E-state index contributed by atoms with van der Waals surface area (Å²) in [4.78, 5) is 1.37. The molecule has 0 radical (unpaired) electrons. The molecule has 20 heavy (non-hydrogen) atoms. The van der Waals surface area contributed by atoms with Crippen LogP contribution >= 0.6 is 27.3 Å². The van der Waals surface area contributed by atoms with Crippen molar-refractivity contribution in [1.29, 1.82) is 0 Å². The highest BCUT2D eigenvalue weighted by atomic mass is 79.9. The van der Waals surface area contributed by atoms with Crippen LogP contribution in [0.5, 0.6) is 0 Å². The van der Waals surface area contributed by atoms with Gasteiger partial charge in [-0.3, -0.25) is 0 Å². The second-order valence-electron chi connectivity index (χ2n) is 4.92. The summed E-state index contributed by atoms with van der Waals surface area (Å²) in [5, 5.41) is 6.98. The van der Waals surface area contributed by atoms with E-state index in [0.717, 1.165) is 19.6 Å². The van der Waals surface area contributed by atoms with Crippen molar-refractivity contribution in [2.75, 3.05) is 6.54 Å². The standard InChI is InChI=1S/C16H17BrN2S/c1-12-3-2-4-16-15(12)5-7-19(16)8-6-18-10-14-9-13(17)11-20-14/h2-5,7,9,11,18H,6,8,10H2,1H3. The summed E-state index contributed by atoms with van der Waals surface area (Å²) in [7, 11) is 0. The van der Waals surface area contributed by atoms with Crippen LogP contribution in [0, 0.1) is 6.92 Å². The lowest BCUT2D eigenvalue weighted by atomic mass is 10.1. The number of aromatic nitrogens is 1. The first-order valence-electron chi connectivity index (χ1n) is 6.72. The van der Waals surface area contributed by atoms with Gasteiger partial charge in [-0.05, 0) is 46.6 Å². The number of hydrogen-bond acceptors (Lipinski definition) is 2. The highest BCUT2D eigenvalue weighted by Gasteiger charge is 2.02. The first-order valence-corrected chi connectivity index (χ1v) is 8.39. The average molecular weight is 349 g/mol. The van der Waals surface area contributed by atoms with E-state index in [0.29, 0.717) is 0 Å². The van der Waals surface area contributed by atoms with E-state index in [2.05, 4.69) is 74.6 Å². The molecule has 104 valence electrons. The van der Waals surface area contributed by atoms with E-state index >= 15 is 0 Å². The van der Waals surface area contributed by atoms with Gasteiger partial charge in [-0.15, -0.1) is 11.3 Å². The Hall–Kier alpha value is -1.10. The van der Waals surface area contributed by atoms with E-state index in [1.807, 2.05) is 0 Å². The molecular formula is C16H17BrN2S. The molecule has 0 bridgehead atoms. The van der Waals surface area contributed by atoms with Crippen molar-refractivity contribution >= 4 is 38.2 Å². The van der Waals surface area contributed by atoms with Gasteiger partial charge < -0.3 is 9.88 Å². The SMILES string of the molecule is Cc1cccc2c1ccn2CCNCc1cc(Br)cs1. The Morgan fingerprint density at radius 1 is 1.30 bits per heavy atom. The number of nitrogens with zero attached hydrogens (tertiary/aromatic N) is 1. The van der Waals surface area contributed by atoms with Crippen LogP contribution in [0.4, 0.5) is 0 Å². The highest BCUT2D eigenvalue weighted by molar-refractivity contribution is 9.10. The topological polar surface area (TPSA) is 17.0 Å². The molecule has 0 unspecified atom stereocenters. The van der Waals surface area contributed by atoms with Gasteiger partial charge in [0.2, 0.25) is 0 Å². The monoisotopic (exact) mass is 348 g/mol. The summed E-state index contributed by atoms with van der Waals surface area (Å²) in [6.45, 7) is 5.08. The number of hydrogen-bond donors (Lipinski definition) is 1. The molecule has 3 rings (SSSR count). The van der Waals surface area contributed by atoms with Crippen LogP contribution < -0.4 is 5.32 Å². The third-order valence-corrected chi connectivity index (χ3v) is 5.18. The maximum atomic E-state index is 3.50. The summed E-state index contributed by atoms with van der Waals surface area (Å²) < 4.78 is 3.49. The number of halogens is 1. The van der Waals surface area contributed by atoms with Gasteiger partial charge >= 0.3 is 0 Å². The van der Waals surface area contributed by atoms with E-state index in [-0.39, 0.29) is 0 Å². The molecule has 0 aliphatic carbocycles. The number of fused-ring (bicyclic) bond motifs is 1. The molecule has 1 aromatic carbocycles. The molecule has 0 amide bonds. The predicted molar refractivity (Wildman–Crippen MR) is 90.4 cm³/mol. The lowest BCUT2D eigenvalue weighted by Crippen LogP contribution is -2.18. The minimum absolute atomic E-state index is 0.939. The molecule has 0 fully saturated rings. The minimum Gasteiger partial charge on any atom is -0.346 e. The van der Waals surface area contributed by atoms with Gasteiger partial charge in [-0.25, -0.2) is 0 Å². The molecule has 2 heterocycles. The third-order valence-electron chi connectivity index (χ3n) is 3.48. The highest BCUT2D eigenvalue weighted by Crippen LogP contribution is 2.20. The van der Waals surface area contributed by atoms with Crippen molar-refractivity contribution in [3.05, 3.63) is 56.8 Å². The van der Waals surface area contributed by atoms with Crippen LogP contribution in [0.15, 0.2) is 46.4 Å². The average Bonchev–Trinajstić information content (AvgIpc) is 3.02. The van der Waals surface area contributed by atoms with Crippen molar-refractivity contribution in [3.8, 4) is 0 Å². The summed E-state index contributed by atoms with van der Waals surface area (Å²) in [6.07, 6.45) is 2.18. The fourth-order valence-corrected chi connectivity index (χ4v) is 3.85. The number of rotatable bonds is 5. The maximum Gasteiger partial charge on any atom is 0.0483 e. The van der Waals surface area contributed by atoms with Crippen LogP contribution in [0.25, 0.3) is 10.9 Å². The van der Waals surface area contributed by atoms with Crippen LogP contribution in [0.3, 0.4) is 0 Å². The fraction of sp³-hybridized carbons (Fsp3) is 0.250. The lowest BCUT2D eigenvalue weighted by molar-refractivity contribution is 0.613. The van der Waals surface area contributed by atoms with Gasteiger partial charge in [0.1, 0.15) is 0 Å². The Labute approximate surface area is 131 Å². The number of thiophene rings is 1. The number of benzene rings is 1. The molecular weight excluding hydrogens is 332 g/mol. The summed E-state index contributed by atoms with van der Waals surface area (Å²) in [6, 6.07) is 10.9. The number of aryl methyl sites for hydroxylation is 1. The molecule has 2 aromatic heterocycles. The molecule has 0 atom stereocenters. The molecule has 1 N–H and O–H groups in total. The van der Waals surface area contributed by atoms with E-state index in [9.17, 15) is 0 Å². The van der Waals surface area contributed by atoms with Crippen LogP contribution in [-0.2, 0) is 13.1 Å². The van der Waals surface area contributed by atoms with Gasteiger partial charge in [0.05, 0.1) is 0 Å². The largest absolute Gasteiger partial charge is 0.346 e. The summed E-state index contributed by atoms with van der Waals surface area (Å²) >= 11 is 5.27. The first-order chi connectivity index (χ1) is 9.74. The Morgan fingerprint density at radius 3 is 3.00 bits per heavy atom. The minimum atomic E-state index is 0.939. The van der Waals surface area contributed by atoms with Crippen molar-refractivity contribution in [2.45, 2.75) is 20.0 Å². The molecule has 4 heteroatoms. The molecule has 3 aromatic rings. The van der Waals surface area contributed by atoms with Gasteiger partial charge in [-0.1, -0.05) is 12.1 Å². The quantitative estimate of drug-likeness (QED) is 0.668. The Morgan fingerprint density at radius 2 is 2.20 bits per heavy atom. The zero-order valence-electron chi connectivity index (χ0n) is 11.4. The molecule has 0 spiro atoms. The Kier molecular flexibility index (Phi) is 4.24.